The van der Waals surface area contributed by atoms with Gasteiger partial charge >= 0.3 is 0 Å². The number of aryl methyl sites for hydroxylation is 2. The monoisotopic (exact) mass is 358 g/mol. The van der Waals surface area contributed by atoms with Gasteiger partial charge in [-0.1, -0.05) is 39.5 Å². The van der Waals surface area contributed by atoms with Crippen LogP contribution in [0.15, 0.2) is 12.1 Å². The average molecular weight is 359 g/mol. The van der Waals surface area contributed by atoms with Crippen LogP contribution in [0.5, 0.6) is 11.5 Å². The van der Waals surface area contributed by atoms with Gasteiger partial charge < -0.3 is 10.2 Å². The van der Waals surface area contributed by atoms with Crippen molar-refractivity contribution in [3.05, 3.63) is 23.3 Å². The lowest BCUT2D eigenvalue weighted by molar-refractivity contribution is 0.419. The van der Waals surface area contributed by atoms with Crippen molar-refractivity contribution < 1.29 is 10.2 Å². The van der Waals surface area contributed by atoms with E-state index in [1.54, 1.807) is 12.1 Å². The number of hydrogen-bond acceptors (Lipinski definition) is 2. The Labute approximate surface area is 160 Å². The third kappa shape index (κ3) is 5.41. The smallest absolute Gasteiger partial charge is 0.122 e. The Morgan fingerprint density at radius 1 is 0.808 bits per heavy atom. The zero-order valence-corrected chi connectivity index (χ0v) is 16.9. The van der Waals surface area contributed by atoms with E-state index in [4.69, 9.17) is 0 Å². The predicted molar refractivity (Wildman–Crippen MR) is 109 cm³/mol. The molecule has 2 N–H and O–H groups in total. The molecule has 2 aliphatic carbocycles. The number of phenolic OH excluding ortho intramolecular Hbond substituents is 2. The summed E-state index contributed by atoms with van der Waals surface area (Å²) in [6.45, 7) is 4.70. The molecule has 0 amide bonds. The molecule has 0 heterocycles. The highest BCUT2D eigenvalue weighted by Gasteiger charge is 2.39. The van der Waals surface area contributed by atoms with Crippen LogP contribution >= 0.6 is 0 Å². The maximum absolute atomic E-state index is 10.6. The number of unbranched alkanes of at least 4 members (excludes halogenated alkanes) is 3. The highest BCUT2D eigenvalue weighted by atomic mass is 16.3. The van der Waals surface area contributed by atoms with Gasteiger partial charge in [0.2, 0.25) is 0 Å². The Kier molecular flexibility index (Phi) is 6.20. The van der Waals surface area contributed by atoms with E-state index in [1.165, 1.54) is 64.2 Å². The van der Waals surface area contributed by atoms with E-state index in [9.17, 15) is 10.2 Å². The third-order valence-corrected chi connectivity index (χ3v) is 7.19. The second-order valence-electron chi connectivity index (χ2n) is 9.54. The van der Waals surface area contributed by atoms with Gasteiger partial charge in [-0.3, -0.25) is 0 Å². The molecular formula is C24H38O2. The van der Waals surface area contributed by atoms with Gasteiger partial charge in [0.05, 0.1) is 0 Å². The number of rotatable bonds is 12. The summed E-state index contributed by atoms with van der Waals surface area (Å²) in [6, 6.07) is 3.52. The van der Waals surface area contributed by atoms with Crippen molar-refractivity contribution in [2.24, 2.45) is 10.8 Å². The van der Waals surface area contributed by atoms with Crippen LogP contribution < -0.4 is 0 Å². The van der Waals surface area contributed by atoms with Crippen molar-refractivity contribution in [2.45, 2.75) is 104 Å². The van der Waals surface area contributed by atoms with Gasteiger partial charge in [-0.2, -0.15) is 0 Å². The van der Waals surface area contributed by atoms with Crippen molar-refractivity contribution in [3.63, 3.8) is 0 Å². The quantitative estimate of drug-likeness (QED) is 0.315. The van der Waals surface area contributed by atoms with E-state index in [2.05, 4.69) is 13.8 Å². The van der Waals surface area contributed by atoms with Crippen molar-refractivity contribution in [1.29, 1.82) is 0 Å². The fraction of sp³-hybridized carbons (Fsp3) is 0.750. The fourth-order valence-corrected chi connectivity index (χ4v) is 4.40. The second kappa shape index (κ2) is 8.23. The summed E-state index contributed by atoms with van der Waals surface area (Å²) in [5.41, 5.74) is 3.18. The Hall–Kier alpha value is -1.18. The molecule has 0 aromatic heterocycles. The minimum Gasteiger partial charge on any atom is -0.508 e. The summed E-state index contributed by atoms with van der Waals surface area (Å²) in [6.07, 6.45) is 17.4. The summed E-state index contributed by atoms with van der Waals surface area (Å²) in [5.74, 6) is 0.748. The summed E-state index contributed by atoms with van der Waals surface area (Å²) < 4.78 is 0. The first-order valence-corrected chi connectivity index (χ1v) is 11.0. The lowest BCUT2D eigenvalue weighted by Crippen LogP contribution is -1.98. The van der Waals surface area contributed by atoms with Gasteiger partial charge in [0.1, 0.15) is 11.5 Å². The molecule has 2 fully saturated rings. The predicted octanol–water partition coefficient (Wildman–Crippen LogP) is 6.90. The van der Waals surface area contributed by atoms with E-state index in [0.29, 0.717) is 22.3 Å². The van der Waals surface area contributed by atoms with Crippen molar-refractivity contribution >= 4 is 0 Å². The first-order valence-electron chi connectivity index (χ1n) is 11.0. The molecule has 1 aromatic carbocycles. The van der Waals surface area contributed by atoms with E-state index >= 15 is 0 Å². The normalized spacial score (nSPS) is 19.5. The molecule has 26 heavy (non-hydrogen) atoms. The zero-order valence-electron chi connectivity index (χ0n) is 16.9. The number of benzene rings is 1. The topological polar surface area (TPSA) is 40.5 Å². The maximum atomic E-state index is 10.6. The summed E-state index contributed by atoms with van der Waals surface area (Å²) in [4.78, 5) is 0. The molecule has 0 saturated heterocycles. The molecule has 2 saturated carbocycles. The Bertz CT molecular complexity index is 596. The van der Waals surface area contributed by atoms with Gasteiger partial charge in [-0.15, -0.1) is 0 Å². The first-order chi connectivity index (χ1) is 12.5. The van der Waals surface area contributed by atoms with Crippen LogP contribution in [0.2, 0.25) is 0 Å². The van der Waals surface area contributed by atoms with Crippen LogP contribution in [0.4, 0.5) is 0 Å². The molecule has 146 valence electrons. The third-order valence-electron chi connectivity index (χ3n) is 7.19. The largest absolute Gasteiger partial charge is 0.508 e. The molecule has 0 atom stereocenters. The van der Waals surface area contributed by atoms with Crippen LogP contribution in [0.3, 0.4) is 0 Å². The van der Waals surface area contributed by atoms with E-state index in [0.717, 1.165) is 36.8 Å². The molecule has 0 radical (unpaired) electrons. The number of hydrogen-bond donors (Lipinski definition) is 2. The Balaban J connectivity index is 1.42. The molecule has 0 unspecified atom stereocenters. The van der Waals surface area contributed by atoms with Gasteiger partial charge in [-0.05, 0) is 98.3 Å². The highest BCUT2D eigenvalue weighted by molar-refractivity contribution is 5.46. The van der Waals surface area contributed by atoms with Crippen molar-refractivity contribution in [2.75, 3.05) is 0 Å². The average Bonchev–Trinajstić information content (AvgIpc) is 3.53. The molecule has 0 spiro atoms. The molecular weight excluding hydrogens is 320 g/mol. The van der Waals surface area contributed by atoms with Gasteiger partial charge in [-0.25, -0.2) is 0 Å². The van der Waals surface area contributed by atoms with Gasteiger partial charge in [0, 0.05) is 0 Å². The first kappa shape index (κ1) is 19.6. The summed E-state index contributed by atoms with van der Waals surface area (Å²) in [5, 5.41) is 20.7. The second-order valence-corrected chi connectivity index (χ2v) is 9.54. The van der Waals surface area contributed by atoms with Gasteiger partial charge in [0.25, 0.3) is 0 Å². The van der Waals surface area contributed by atoms with Crippen LogP contribution in [0, 0.1) is 10.8 Å². The van der Waals surface area contributed by atoms with Crippen molar-refractivity contribution in [3.8, 4) is 11.5 Å². The van der Waals surface area contributed by atoms with Gasteiger partial charge in [0.15, 0.2) is 0 Å². The van der Waals surface area contributed by atoms with Crippen LogP contribution in [-0.4, -0.2) is 10.2 Å². The van der Waals surface area contributed by atoms with E-state index < -0.39 is 0 Å². The van der Waals surface area contributed by atoms with Crippen LogP contribution in [-0.2, 0) is 12.8 Å². The fourth-order valence-electron chi connectivity index (χ4n) is 4.40. The Morgan fingerprint density at radius 2 is 1.38 bits per heavy atom. The molecule has 2 heteroatoms. The molecule has 1 aromatic rings. The lowest BCUT2D eigenvalue weighted by Gasteiger charge is -2.13. The summed E-state index contributed by atoms with van der Waals surface area (Å²) in [7, 11) is 0. The minimum absolute atomic E-state index is 0.310. The SMILES string of the molecule is CCC1(CCCCCc2cc(O)cc(CCCCC3(C)CC3)c2O)CC1. The number of aromatic hydroxyl groups is 2. The highest BCUT2D eigenvalue weighted by Crippen LogP contribution is 2.52. The molecule has 2 aliphatic rings. The van der Waals surface area contributed by atoms with Crippen LogP contribution in [0.25, 0.3) is 0 Å². The zero-order chi connectivity index (χ0) is 18.6. The van der Waals surface area contributed by atoms with Crippen LogP contribution in [0.1, 0.15) is 102 Å². The maximum Gasteiger partial charge on any atom is 0.122 e. The van der Waals surface area contributed by atoms with E-state index in [-0.39, 0.29) is 0 Å². The van der Waals surface area contributed by atoms with E-state index in [1.807, 2.05) is 0 Å². The molecule has 0 bridgehead atoms. The molecule has 0 aliphatic heterocycles. The standard InChI is InChI=1S/C24H38O2/c1-3-24(15-16-24)12-7-4-5-9-19-17-21(25)18-20(22(19)26)10-6-8-11-23(2)13-14-23/h17-18,25-26H,3-16H2,1-2H3. The molecule has 3 rings (SSSR count). The molecule has 2 nitrogen and oxygen atoms in total. The minimum atomic E-state index is 0.310. The number of phenols is 2. The van der Waals surface area contributed by atoms with Crippen molar-refractivity contribution in [1.82, 2.24) is 0 Å². The summed E-state index contributed by atoms with van der Waals surface area (Å²) >= 11 is 0. The lowest BCUT2D eigenvalue weighted by atomic mass is 9.94. The Morgan fingerprint density at radius 3 is 1.92 bits per heavy atom.